The molecule has 0 N–H and O–H groups in total. The molecule has 0 bridgehead atoms. The van der Waals surface area contributed by atoms with Crippen molar-refractivity contribution < 1.29 is 0 Å². The zero-order chi connectivity index (χ0) is 25.5. The summed E-state index contributed by atoms with van der Waals surface area (Å²) in [7, 11) is 0. The number of benzene rings is 5. The summed E-state index contributed by atoms with van der Waals surface area (Å²) in [5.74, 6) is 0.620. The maximum atomic E-state index is 4.50. The van der Waals surface area contributed by atoms with Gasteiger partial charge in [-0.25, -0.2) is 15.0 Å². The Balaban J connectivity index is 1.43. The van der Waals surface area contributed by atoms with Gasteiger partial charge in [0.1, 0.15) is 12.7 Å². The first-order chi connectivity index (χ1) is 19.3. The Kier molecular flexibility index (Phi) is 4.14. The number of para-hydroxylation sites is 2. The minimum atomic E-state index is 0.620. The number of hydrogen-bond acceptors (Lipinski definition) is 4. The molecule has 0 saturated carbocycles. The molecule has 0 unspecified atom stereocenters. The Hall–Kier alpha value is -5.07. The van der Waals surface area contributed by atoms with E-state index in [2.05, 4.69) is 127 Å². The summed E-state index contributed by atoms with van der Waals surface area (Å²) in [4.78, 5) is 13.0. The highest BCUT2D eigenvalue weighted by atomic mass is 32.1. The maximum absolute atomic E-state index is 4.50. The van der Waals surface area contributed by atoms with Crippen molar-refractivity contribution in [1.29, 1.82) is 0 Å². The van der Waals surface area contributed by atoms with Crippen molar-refractivity contribution in [1.82, 2.24) is 24.1 Å². The zero-order valence-corrected chi connectivity index (χ0v) is 21.4. The minimum absolute atomic E-state index is 0.620. The highest BCUT2D eigenvalue weighted by molar-refractivity contribution is 7.25. The molecule has 5 nitrogen and oxygen atoms in total. The van der Waals surface area contributed by atoms with Gasteiger partial charge in [-0.15, -0.1) is 11.3 Å². The number of fused-ring (bicyclic) bond motifs is 9. The molecule has 9 aromatic rings. The van der Waals surface area contributed by atoms with Crippen LogP contribution in [0.4, 0.5) is 0 Å². The molecule has 0 saturated heterocycles. The molecule has 6 heteroatoms. The van der Waals surface area contributed by atoms with Crippen LogP contribution in [0.2, 0.25) is 0 Å². The summed E-state index contributed by atoms with van der Waals surface area (Å²) in [6.07, 6.45) is 3.11. The van der Waals surface area contributed by atoms with Gasteiger partial charge in [-0.05, 0) is 48.5 Å². The monoisotopic (exact) mass is 517 g/mol. The lowest BCUT2D eigenvalue weighted by Gasteiger charge is -2.09. The van der Waals surface area contributed by atoms with E-state index < -0.39 is 0 Å². The Labute approximate surface area is 226 Å². The zero-order valence-electron chi connectivity index (χ0n) is 20.6. The first-order valence-electron chi connectivity index (χ1n) is 12.9. The third-order valence-electron chi connectivity index (χ3n) is 7.76. The molecule has 0 aliphatic heterocycles. The van der Waals surface area contributed by atoms with Gasteiger partial charge in [0.2, 0.25) is 5.95 Å². The van der Waals surface area contributed by atoms with E-state index >= 15 is 0 Å². The van der Waals surface area contributed by atoms with Gasteiger partial charge in [-0.1, -0.05) is 54.6 Å². The summed E-state index contributed by atoms with van der Waals surface area (Å²) < 4.78 is 7.18. The summed E-state index contributed by atoms with van der Waals surface area (Å²) in [5, 5.41) is 7.37. The second-order valence-corrected chi connectivity index (χ2v) is 10.9. The maximum Gasteiger partial charge on any atom is 0.237 e. The predicted octanol–water partition coefficient (Wildman–Crippen LogP) is 8.43. The fraction of sp³-hybridized carbons (Fsp3) is 0. The first kappa shape index (κ1) is 20.9. The standard InChI is InChI=1S/C33H19N5S/c1-4-10-27-21(7-1)24-17-30-25(22-8-2-5-11-28(22)38(30)33-35-18-34-19-36-33)16-29(24)37(27)20-13-14-32-26(15-20)23-9-3-6-12-31(23)39-32/h1-19H. The Morgan fingerprint density at radius 2 is 1.05 bits per heavy atom. The fourth-order valence-electron chi connectivity index (χ4n) is 6.13. The van der Waals surface area contributed by atoms with E-state index in [4.69, 9.17) is 0 Å². The number of nitrogens with zero attached hydrogens (tertiary/aromatic N) is 5. The third kappa shape index (κ3) is 2.86. The number of aromatic nitrogens is 5. The molecule has 5 aromatic carbocycles. The Morgan fingerprint density at radius 1 is 0.462 bits per heavy atom. The summed E-state index contributed by atoms with van der Waals surface area (Å²) in [6.45, 7) is 0. The lowest BCUT2D eigenvalue weighted by atomic mass is 10.1. The van der Waals surface area contributed by atoms with Crippen molar-refractivity contribution in [3.05, 3.63) is 116 Å². The van der Waals surface area contributed by atoms with Crippen molar-refractivity contribution in [3.63, 3.8) is 0 Å². The van der Waals surface area contributed by atoms with E-state index in [1.165, 1.54) is 52.8 Å². The largest absolute Gasteiger partial charge is 0.309 e. The van der Waals surface area contributed by atoms with Crippen LogP contribution < -0.4 is 0 Å². The number of rotatable bonds is 2. The van der Waals surface area contributed by atoms with Crippen molar-refractivity contribution in [2.75, 3.05) is 0 Å². The van der Waals surface area contributed by atoms with Gasteiger partial charge in [0.15, 0.2) is 0 Å². The molecule has 0 aliphatic rings. The lowest BCUT2D eigenvalue weighted by Crippen LogP contribution is -2.00. The summed E-state index contributed by atoms with van der Waals surface area (Å²) >= 11 is 1.85. The van der Waals surface area contributed by atoms with Gasteiger partial charge >= 0.3 is 0 Å². The second-order valence-electron chi connectivity index (χ2n) is 9.81. The van der Waals surface area contributed by atoms with E-state index in [9.17, 15) is 0 Å². The number of hydrogen-bond donors (Lipinski definition) is 0. The van der Waals surface area contributed by atoms with E-state index in [1.54, 1.807) is 12.7 Å². The minimum Gasteiger partial charge on any atom is -0.309 e. The van der Waals surface area contributed by atoms with Crippen LogP contribution in [0.25, 0.3) is 75.4 Å². The van der Waals surface area contributed by atoms with Gasteiger partial charge < -0.3 is 4.57 Å². The average Bonchev–Trinajstić information content (AvgIpc) is 3.63. The van der Waals surface area contributed by atoms with E-state index in [-0.39, 0.29) is 0 Å². The van der Waals surface area contributed by atoms with Crippen molar-refractivity contribution in [2.24, 2.45) is 0 Å². The van der Waals surface area contributed by atoms with Crippen LogP contribution in [0.5, 0.6) is 0 Å². The first-order valence-corrected chi connectivity index (χ1v) is 13.7. The SMILES string of the molecule is c1ccc2c(c1)sc1ccc(-n3c4ccccc4c4cc5c(cc43)c3ccccc3n5-c3ncncn3)cc12. The molecule has 0 radical (unpaired) electrons. The molecule has 4 aromatic heterocycles. The fourth-order valence-corrected chi connectivity index (χ4v) is 7.21. The van der Waals surface area contributed by atoms with E-state index in [1.807, 2.05) is 11.3 Å². The Morgan fingerprint density at radius 3 is 1.79 bits per heavy atom. The molecule has 4 heterocycles. The van der Waals surface area contributed by atoms with Gasteiger partial charge in [0.25, 0.3) is 0 Å². The summed E-state index contributed by atoms with van der Waals surface area (Å²) in [5.41, 5.74) is 5.69. The molecular formula is C33H19N5S. The van der Waals surface area contributed by atoms with Gasteiger partial charge in [0.05, 0.1) is 22.1 Å². The van der Waals surface area contributed by atoms with Crippen molar-refractivity contribution in [3.8, 4) is 11.6 Å². The quantitative estimate of drug-likeness (QED) is 0.231. The van der Waals surface area contributed by atoms with Crippen molar-refractivity contribution in [2.45, 2.75) is 0 Å². The molecule has 0 spiro atoms. The number of thiophene rings is 1. The average molecular weight is 518 g/mol. The van der Waals surface area contributed by atoms with E-state index in [0.717, 1.165) is 16.7 Å². The molecule has 0 amide bonds. The smallest absolute Gasteiger partial charge is 0.237 e. The topological polar surface area (TPSA) is 48.5 Å². The highest BCUT2D eigenvalue weighted by Gasteiger charge is 2.19. The van der Waals surface area contributed by atoms with Crippen LogP contribution in [-0.4, -0.2) is 24.1 Å². The van der Waals surface area contributed by atoms with E-state index in [0.29, 0.717) is 5.95 Å². The van der Waals surface area contributed by atoms with Crippen LogP contribution in [-0.2, 0) is 0 Å². The van der Waals surface area contributed by atoms with Crippen LogP contribution in [0, 0.1) is 0 Å². The van der Waals surface area contributed by atoms with Crippen LogP contribution >= 0.6 is 11.3 Å². The normalized spacial score (nSPS) is 12.1. The third-order valence-corrected chi connectivity index (χ3v) is 8.92. The van der Waals surface area contributed by atoms with Crippen LogP contribution in [0.3, 0.4) is 0 Å². The van der Waals surface area contributed by atoms with Gasteiger partial charge in [0, 0.05) is 47.4 Å². The van der Waals surface area contributed by atoms with Crippen LogP contribution in [0.1, 0.15) is 0 Å². The van der Waals surface area contributed by atoms with Crippen LogP contribution in [0.15, 0.2) is 116 Å². The van der Waals surface area contributed by atoms with Gasteiger partial charge in [-0.3, -0.25) is 4.57 Å². The molecule has 182 valence electrons. The molecule has 0 fully saturated rings. The van der Waals surface area contributed by atoms with Gasteiger partial charge in [-0.2, -0.15) is 0 Å². The molecule has 0 atom stereocenters. The predicted molar refractivity (Wildman–Crippen MR) is 161 cm³/mol. The van der Waals surface area contributed by atoms with Crippen molar-refractivity contribution >= 4 is 75.1 Å². The summed E-state index contributed by atoms with van der Waals surface area (Å²) in [6, 6.07) is 37.3. The molecular weight excluding hydrogens is 498 g/mol. The molecule has 39 heavy (non-hydrogen) atoms. The molecule has 9 rings (SSSR count). The highest BCUT2D eigenvalue weighted by Crippen LogP contribution is 2.40. The Bertz CT molecular complexity index is 2400. The molecule has 0 aliphatic carbocycles. The lowest BCUT2D eigenvalue weighted by molar-refractivity contribution is 0.940. The second kappa shape index (κ2) is 7.72.